The lowest BCUT2D eigenvalue weighted by Crippen LogP contribution is -2.00. The second kappa shape index (κ2) is 3.19. The van der Waals surface area contributed by atoms with Crippen molar-refractivity contribution in [3.05, 3.63) is 23.2 Å². The number of nitriles is 1. The molecule has 1 heterocycles. The van der Waals surface area contributed by atoms with Crippen LogP contribution < -0.4 is 4.74 Å². The van der Waals surface area contributed by atoms with Gasteiger partial charge in [0.2, 0.25) is 0 Å². The van der Waals surface area contributed by atoms with Crippen molar-refractivity contribution >= 4 is 21.6 Å². The predicted octanol–water partition coefficient (Wildman–Crippen LogP) is 2.86. The topological polar surface area (TPSA) is 45.9 Å². The third-order valence-electron chi connectivity index (χ3n) is 2.97. The Morgan fingerprint density at radius 2 is 2.31 bits per heavy atom. The molecule has 80 valence electrons. The molecule has 4 heteroatoms. The summed E-state index contributed by atoms with van der Waals surface area (Å²) < 4.78 is 6.27. The summed E-state index contributed by atoms with van der Waals surface area (Å²) in [5.41, 5.74) is 0.680. The largest absolute Gasteiger partial charge is 0.497 e. The van der Waals surface area contributed by atoms with Gasteiger partial charge in [0.05, 0.1) is 23.4 Å². The van der Waals surface area contributed by atoms with Crippen LogP contribution in [0.1, 0.15) is 17.8 Å². The van der Waals surface area contributed by atoms with Gasteiger partial charge in [-0.25, -0.2) is 4.98 Å². The first-order chi connectivity index (χ1) is 7.77. The van der Waals surface area contributed by atoms with E-state index in [1.54, 1.807) is 18.4 Å². The van der Waals surface area contributed by atoms with E-state index >= 15 is 0 Å². The van der Waals surface area contributed by atoms with Crippen LogP contribution in [0.25, 0.3) is 10.2 Å². The molecule has 3 rings (SSSR count). The highest BCUT2D eigenvalue weighted by molar-refractivity contribution is 7.18. The molecule has 2 aromatic rings. The highest BCUT2D eigenvalue weighted by atomic mass is 32.1. The fourth-order valence-electron chi connectivity index (χ4n) is 1.74. The number of aromatic nitrogens is 1. The Morgan fingerprint density at radius 3 is 2.94 bits per heavy atom. The minimum atomic E-state index is -0.281. The fourth-order valence-corrected chi connectivity index (χ4v) is 2.93. The van der Waals surface area contributed by atoms with Gasteiger partial charge in [-0.2, -0.15) is 5.26 Å². The van der Waals surface area contributed by atoms with Crippen LogP contribution in [0, 0.1) is 11.3 Å². The second-order valence-electron chi connectivity index (χ2n) is 4.05. The lowest BCUT2D eigenvalue weighted by Gasteiger charge is -1.96. The highest BCUT2D eigenvalue weighted by Gasteiger charge is 2.47. The van der Waals surface area contributed by atoms with Gasteiger partial charge < -0.3 is 4.74 Å². The quantitative estimate of drug-likeness (QED) is 0.797. The standard InChI is InChI=1S/C12H10N2OS/c1-15-8-2-3-9-10(6-8)16-11(14-9)12(7-13)4-5-12/h2-3,6H,4-5H2,1H3. The lowest BCUT2D eigenvalue weighted by molar-refractivity contribution is 0.415. The molecule has 0 bridgehead atoms. The van der Waals surface area contributed by atoms with E-state index in [0.29, 0.717) is 0 Å². The molecular formula is C12H10N2OS. The number of nitrogens with zero attached hydrogens (tertiary/aromatic N) is 2. The second-order valence-corrected chi connectivity index (χ2v) is 5.08. The van der Waals surface area contributed by atoms with Crippen LogP contribution in [0.2, 0.25) is 0 Å². The first-order valence-electron chi connectivity index (χ1n) is 5.14. The van der Waals surface area contributed by atoms with E-state index in [-0.39, 0.29) is 5.41 Å². The SMILES string of the molecule is COc1ccc2nc(C3(C#N)CC3)sc2c1. The average molecular weight is 230 g/mol. The Kier molecular flexibility index (Phi) is 1.92. The Bertz CT molecular complexity index is 593. The van der Waals surface area contributed by atoms with Crippen molar-refractivity contribution in [1.82, 2.24) is 4.98 Å². The zero-order chi connectivity index (χ0) is 11.2. The Balaban J connectivity index is 2.13. The molecule has 1 aromatic heterocycles. The minimum Gasteiger partial charge on any atom is -0.497 e. The number of methoxy groups -OCH3 is 1. The van der Waals surface area contributed by atoms with Crippen LogP contribution in [-0.4, -0.2) is 12.1 Å². The van der Waals surface area contributed by atoms with Gasteiger partial charge in [0.1, 0.15) is 16.2 Å². The summed E-state index contributed by atoms with van der Waals surface area (Å²) in [4.78, 5) is 4.53. The molecule has 0 radical (unpaired) electrons. The molecule has 0 N–H and O–H groups in total. The van der Waals surface area contributed by atoms with Crippen LogP contribution in [0.15, 0.2) is 18.2 Å². The van der Waals surface area contributed by atoms with E-state index < -0.39 is 0 Å². The molecule has 0 spiro atoms. The minimum absolute atomic E-state index is 0.281. The maximum absolute atomic E-state index is 9.13. The van der Waals surface area contributed by atoms with Crippen molar-refractivity contribution in [2.75, 3.05) is 7.11 Å². The van der Waals surface area contributed by atoms with Crippen LogP contribution in [0.5, 0.6) is 5.75 Å². The number of thiazole rings is 1. The highest BCUT2D eigenvalue weighted by Crippen LogP contribution is 2.49. The summed E-state index contributed by atoms with van der Waals surface area (Å²) in [6, 6.07) is 8.20. The summed E-state index contributed by atoms with van der Waals surface area (Å²) in [5, 5.41) is 10.1. The maximum Gasteiger partial charge on any atom is 0.120 e. The van der Waals surface area contributed by atoms with Gasteiger partial charge in [0.15, 0.2) is 0 Å². The van der Waals surface area contributed by atoms with Gasteiger partial charge in [-0.1, -0.05) is 0 Å². The molecule has 0 saturated heterocycles. The van der Waals surface area contributed by atoms with E-state index in [9.17, 15) is 0 Å². The molecule has 0 amide bonds. The molecular weight excluding hydrogens is 220 g/mol. The lowest BCUT2D eigenvalue weighted by atomic mass is 10.1. The molecule has 0 atom stereocenters. The van der Waals surface area contributed by atoms with Gasteiger partial charge >= 0.3 is 0 Å². The summed E-state index contributed by atoms with van der Waals surface area (Å²) >= 11 is 1.61. The number of fused-ring (bicyclic) bond motifs is 1. The predicted molar refractivity (Wildman–Crippen MR) is 62.7 cm³/mol. The molecule has 3 nitrogen and oxygen atoms in total. The number of ether oxygens (including phenoxy) is 1. The van der Waals surface area contributed by atoms with Crippen LogP contribution in [-0.2, 0) is 5.41 Å². The van der Waals surface area contributed by atoms with Crippen LogP contribution in [0.4, 0.5) is 0 Å². The van der Waals surface area contributed by atoms with Gasteiger partial charge in [-0.15, -0.1) is 11.3 Å². The molecule has 1 saturated carbocycles. The van der Waals surface area contributed by atoms with Crippen molar-refractivity contribution in [3.8, 4) is 11.8 Å². The van der Waals surface area contributed by atoms with Gasteiger partial charge in [-0.3, -0.25) is 0 Å². The van der Waals surface area contributed by atoms with Crippen molar-refractivity contribution < 1.29 is 4.74 Å². The molecule has 16 heavy (non-hydrogen) atoms. The Labute approximate surface area is 97.3 Å². The Morgan fingerprint density at radius 1 is 1.50 bits per heavy atom. The third kappa shape index (κ3) is 1.29. The number of rotatable bonds is 2. The summed E-state index contributed by atoms with van der Waals surface area (Å²) in [6.45, 7) is 0. The average Bonchev–Trinajstić information content (AvgIpc) is 3.01. The summed E-state index contributed by atoms with van der Waals surface area (Å²) in [6.07, 6.45) is 1.89. The molecule has 1 aliphatic carbocycles. The number of hydrogen-bond acceptors (Lipinski definition) is 4. The van der Waals surface area contributed by atoms with Crippen LogP contribution in [0.3, 0.4) is 0 Å². The van der Waals surface area contributed by atoms with Gasteiger partial charge in [-0.05, 0) is 31.0 Å². The van der Waals surface area contributed by atoms with E-state index in [0.717, 1.165) is 33.8 Å². The van der Waals surface area contributed by atoms with Crippen molar-refractivity contribution in [2.45, 2.75) is 18.3 Å². The zero-order valence-electron chi connectivity index (χ0n) is 8.86. The molecule has 1 aromatic carbocycles. The first-order valence-corrected chi connectivity index (χ1v) is 5.95. The van der Waals surface area contributed by atoms with Crippen molar-refractivity contribution in [2.24, 2.45) is 0 Å². The van der Waals surface area contributed by atoms with Crippen molar-refractivity contribution in [1.29, 1.82) is 5.26 Å². The van der Waals surface area contributed by atoms with E-state index in [1.165, 1.54) is 0 Å². The molecule has 1 fully saturated rings. The molecule has 0 unspecified atom stereocenters. The van der Waals surface area contributed by atoms with E-state index in [1.807, 2.05) is 18.2 Å². The first kappa shape index (κ1) is 9.61. The Hall–Kier alpha value is -1.60. The smallest absolute Gasteiger partial charge is 0.120 e. The van der Waals surface area contributed by atoms with Crippen LogP contribution >= 0.6 is 11.3 Å². The summed E-state index contributed by atoms with van der Waals surface area (Å²) in [7, 11) is 1.65. The molecule has 0 aliphatic heterocycles. The zero-order valence-corrected chi connectivity index (χ0v) is 9.67. The normalized spacial score (nSPS) is 17.0. The van der Waals surface area contributed by atoms with E-state index in [4.69, 9.17) is 10.00 Å². The van der Waals surface area contributed by atoms with E-state index in [2.05, 4.69) is 11.1 Å². The number of benzene rings is 1. The third-order valence-corrected chi connectivity index (χ3v) is 4.19. The monoisotopic (exact) mass is 230 g/mol. The fraction of sp³-hybridized carbons (Fsp3) is 0.333. The van der Waals surface area contributed by atoms with Gasteiger partial charge in [0, 0.05) is 0 Å². The van der Waals surface area contributed by atoms with Gasteiger partial charge in [0.25, 0.3) is 0 Å². The van der Waals surface area contributed by atoms with Crippen molar-refractivity contribution in [3.63, 3.8) is 0 Å². The maximum atomic E-state index is 9.13. The molecule has 1 aliphatic rings. The number of hydrogen-bond donors (Lipinski definition) is 0. The summed E-state index contributed by atoms with van der Waals surface area (Å²) in [5.74, 6) is 0.838.